The minimum atomic E-state index is -0.329. The topological polar surface area (TPSA) is 34.1 Å². The molecule has 0 bridgehead atoms. The van der Waals surface area contributed by atoms with Crippen molar-refractivity contribution in [2.24, 2.45) is 0 Å². The number of rotatable bonds is 2. The summed E-state index contributed by atoms with van der Waals surface area (Å²) in [4.78, 5) is 19.1. The van der Waals surface area contributed by atoms with Crippen LogP contribution in [0.3, 0.4) is 0 Å². The van der Waals surface area contributed by atoms with Crippen LogP contribution in [-0.4, -0.2) is 12.1 Å². The molecule has 0 amide bonds. The lowest BCUT2D eigenvalue weighted by Gasteiger charge is -1.71. The van der Waals surface area contributed by atoms with Crippen LogP contribution in [0.2, 0.25) is 0 Å². The summed E-state index contributed by atoms with van der Waals surface area (Å²) in [5, 5.41) is 0. The third-order valence-corrected chi connectivity index (χ3v) is 0.311. The van der Waals surface area contributed by atoms with Crippen LogP contribution in [0.1, 0.15) is 6.42 Å². The molecule has 0 spiro atoms. The molecule has 0 saturated carbocycles. The van der Waals surface area contributed by atoms with Gasteiger partial charge in [-0.2, -0.15) is 0 Å². The Kier molecular flexibility index (Phi) is 2.29. The van der Waals surface area contributed by atoms with Gasteiger partial charge in [0.15, 0.2) is 0 Å². The molecular weight excluding hydrogens is 80.0 g/mol. The number of carbonyl (C=O) groups excluding carboxylic acids is 2. The van der Waals surface area contributed by atoms with Gasteiger partial charge in [0.05, 0.1) is 6.42 Å². The lowest BCUT2D eigenvalue weighted by molar-refractivity contribution is -0.118. The van der Waals surface area contributed by atoms with Gasteiger partial charge < -0.3 is 4.79 Å². The predicted octanol–water partition coefficient (Wildman–Crippen LogP) is -0.0214. The van der Waals surface area contributed by atoms with Gasteiger partial charge >= 0.3 is 0 Å². The molecule has 0 aromatic carbocycles. The molecule has 0 rings (SSSR count). The van der Waals surface area contributed by atoms with E-state index < -0.39 is 0 Å². The molecule has 33 valence electrons. The minimum Gasteiger partial charge on any atom is -0.303 e. The van der Waals surface area contributed by atoms with Crippen molar-refractivity contribution in [2.75, 3.05) is 0 Å². The van der Waals surface area contributed by atoms with Crippen LogP contribution in [0.4, 0.5) is 0 Å². The fourth-order valence-electron chi connectivity index (χ4n) is 0.0929. The van der Waals surface area contributed by atoms with Gasteiger partial charge in [0.2, 0.25) is 0 Å². The van der Waals surface area contributed by atoms with Crippen LogP contribution >= 0.6 is 0 Å². The average Bonchev–Trinajstić information content (AvgIpc) is 1.35. The first kappa shape index (κ1) is 5.34. The van der Waals surface area contributed by atoms with Gasteiger partial charge in [-0.3, -0.25) is 4.79 Å². The van der Waals surface area contributed by atoms with Crippen molar-refractivity contribution in [1.29, 1.82) is 0 Å². The first-order chi connectivity index (χ1) is 2.77. The van der Waals surface area contributed by atoms with Crippen molar-refractivity contribution in [3.63, 3.8) is 0 Å². The molecule has 1 radical (unpaired) electrons. The summed E-state index contributed by atoms with van der Waals surface area (Å²) in [5.41, 5.74) is 0. The Morgan fingerprint density at radius 2 is 2.33 bits per heavy atom. The highest BCUT2D eigenvalue weighted by molar-refractivity contribution is 5.92. The normalized spacial score (nSPS) is 7.50. The smallest absolute Gasteiger partial charge is 0.140 e. The average molecular weight is 85.1 g/mol. The maximum absolute atomic E-state index is 9.70. The number of carbonyl (C=O) groups is 2. The van der Waals surface area contributed by atoms with Gasteiger partial charge in [-0.05, 0) is 0 Å². The molecule has 0 atom stereocenters. The fraction of sp³-hybridized carbons (Fsp3) is 0.250. The molecule has 2 nitrogen and oxygen atoms in total. The van der Waals surface area contributed by atoms with Crippen LogP contribution in [0.15, 0.2) is 0 Å². The second-order valence-corrected chi connectivity index (χ2v) is 0.909. The van der Waals surface area contributed by atoms with E-state index in [1.54, 1.807) is 0 Å². The van der Waals surface area contributed by atoms with E-state index in [2.05, 4.69) is 6.92 Å². The molecule has 2 heteroatoms. The number of aldehydes is 1. The Bertz CT molecular complexity index is 65.9. The molecule has 0 aromatic rings. The first-order valence-corrected chi connectivity index (χ1v) is 1.56. The molecule has 0 unspecified atom stereocenters. The first-order valence-electron chi connectivity index (χ1n) is 1.56. The van der Waals surface area contributed by atoms with Crippen LogP contribution in [0.5, 0.6) is 0 Å². The highest BCUT2D eigenvalue weighted by Gasteiger charge is 1.84. The zero-order chi connectivity index (χ0) is 4.99. The summed E-state index contributed by atoms with van der Waals surface area (Å²) >= 11 is 0. The Balaban J connectivity index is 3.05. The Morgan fingerprint density at radius 3 is 2.33 bits per heavy atom. The maximum Gasteiger partial charge on any atom is 0.140 e. The van der Waals surface area contributed by atoms with E-state index in [-0.39, 0.29) is 12.2 Å². The SMILES string of the molecule is [CH2]C(=O)CC=O. The van der Waals surface area contributed by atoms with E-state index in [1.165, 1.54) is 0 Å². The van der Waals surface area contributed by atoms with E-state index in [0.29, 0.717) is 6.29 Å². The van der Waals surface area contributed by atoms with Crippen molar-refractivity contribution in [1.82, 2.24) is 0 Å². The summed E-state index contributed by atoms with van der Waals surface area (Å²) in [6.07, 6.45) is 0.481. The number of hydrogen-bond acceptors (Lipinski definition) is 2. The summed E-state index contributed by atoms with van der Waals surface area (Å²) < 4.78 is 0. The van der Waals surface area contributed by atoms with Gasteiger partial charge in [0, 0.05) is 6.92 Å². The monoisotopic (exact) mass is 85.0 g/mol. The van der Waals surface area contributed by atoms with Gasteiger partial charge in [-0.15, -0.1) is 0 Å². The maximum atomic E-state index is 9.70. The summed E-state index contributed by atoms with van der Waals surface area (Å²) in [7, 11) is 0. The summed E-state index contributed by atoms with van der Waals surface area (Å²) in [5.74, 6) is -0.329. The van der Waals surface area contributed by atoms with Crippen molar-refractivity contribution in [3.05, 3.63) is 6.92 Å². The molecule has 6 heavy (non-hydrogen) atoms. The molecule has 0 saturated heterocycles. The van der Waals surface area contributed by atoms with Crippen molar-refractivity contribution in [2.45, 2.75) is 6.42 Å². The Morgan fingerprint density at radius 1 is 1.83 bits per heavy atom. The second-order valence-electron chi connectivity index (χ2n) is 0.909. The lowest BCUT2D eigenvalue weighted by atomic mass is 10.3. The quantitative estimate of drug-likeness (QED) is 0.349. The largest absolute Gasteiger partial charge is 0.303 e. The van der Waals surface area contributed by atoms with Crippen LogP contribution in [-0.2, 0) is 9.59 Å². The minimum absolute atomic E-state index is 0.0556. The third-order valence-electron chi connectivity index (χ3n) is 0.311. The zero-order valence-electron chi connectivity index (χ0n) is 3.31. The summed E-state index contributed by atoms with van der Waals surface area (Å²) in [6.45, 7) is 2.96. The lowest BCUT2D eigenvalue weighted by Crippen LogP contribution is -1.88. The number of ketones is 1. The van der Waals surface area contributed by atoms with Crippen LogP contribution in [0, 0.1) is 6.92 Å². The number of Topliss-reactive ketones (excluding diaryl/α,β-unsaturated/α-hetero) is 1. The van der Waals surface area contributed by atoms with Crippen molar-refractivity contribution < 1.29 is 9.59 Å². The third kappa shape index (κ3) is 3.34. The summed E-state index contributed by atoms with van der Waals surface area (Å²) in [6, 6.07) is 0. The molecule has 0 fully saturated rings. The molecule has 0 N–H and O–H groups in total. The highest BCUT2D eigenvalue weighted by atomic mass is 16.1. The van der Waals surface area contributed by atoms with E-state index in [4.69, 9.17) is 0 Å². The molecule has 0 aromatic heterocycles. The Labute approximate surface area is 36.2 Å². The van der Waals surface area contributed by atoms with Gasteiger partial charge in [-0.1, -0.05) is 0 Å². The molecule has 0 aliphatic carbocycles. The molecule has 0 heterocycles. The van der Waals surface area contributed by atoms with E-state index in [0.717, 1.165) is 0 Å². The fourth-order valence-corrected chi connectivity index (χ4v) is 0.0929. The van der Waals surface area contributed by atoms with Crippen LogP contribution in [0.25, 0.3) is 0 Å². The number of hydrogen-bond donors (Lipinski definition) is 0. The van der Waals surface area contributed by atoms with Gasteiger partial charge in [-0.25, -0.2) is 0 Å². The van der Waals surface area contributed by atoms with Gasteiger partial charge in [0.25, 0.3) is 0 Å². The van der Waals surface area contributed by atoms with Crippen LogP contribution < -0.4 is 0 Å². The second kappa shape index (κ2) is 2.57. The molecular formula is C4H5O2. The zero-order valence-corrected chi connectivity index (χ0v) is 3.31. The van der Waals surface area contributed by atoms with Crippen molar-refractivity contribution >= 4 is 12.1 Å². The highest BCUT2D eigenvalue weighted by Crippen LogP contribution is 1.68. The predicted molar refractivity (Wildman–Crippen MR) is 21.0 cm³/mol. The van der Waals surface area contributed by atoms with Gasteiger partial charge in [0.1, 0.15) is 12.1 Å². The van der Waals surface area contributed by atoms with E-state index in [9.17, 15) is 9.59 Å². The van der Waals surface area contributed by atoms with E-state index in [1.807, 2.05) is 0 Å². The van der Waals surface area contributed by atoms with Crippen molar-refractivity contribution in [3.8, 4) is 0 Å². The van der Waals surface area contributed by atoms with E-state index >= 15 is 0 Å². The Hall–Kier alpha value is -0.660. The standard InChI is InChI=1S/C4H5O2/c1-4(6)2-3-5/h3H,1-2H2. The molecule has 0 aliphatic heterocycles. The molecule has 0 aliphatic rings.